The van der Waals surface area contributed by atoms with Crippen molar-refractivity contribution in [2.75, 3.05) is 22.5 Å². The summed E-state index contributed by atoms with van der Waals surface area (Å²) in [7, 11) is -3.42. The smallest absolute Gasteiger partial charge is 0.259 e. The number of aromatic nitrogens is 3. The molecule has 3 N–H and O–H groups in total. The van der Waals surface area contributed by atoms with Crippen LogP contribution in [0.2, 0.25) is 0 Å². The molecule has 0 saturated heterocycles. The molecule has 1 aliphatic rings. The van der Waals surface area contributed by atoms with Crippen LogP contribution in [-0.4, -0.2) is 56.3 Å². The highest BCUT2D eigenvalue weighted by atomic mass is 32.2. The Morgan fingerprint density at radius 3 is 2.39 bits per heavy atom. The maximum absolute atomic E-state index is 11.7. The molecule has 1 aromatic heterocycles. The van der Waals surface area contributed by atoms with Gasteiger partial charge >= 0.3 is 0 Å². The van der Waals surface area contributed by atoms with E-state index < -0.39 is 21.3 Å². The minimum Gasteiger partial charge on any atom is -0.295 e. The summed E-state index contributed by atoms with van der Waals surface area (Å²) < 4.78 is 45.9. The van der Waals surface area contributed by atoms with Gasteiger partial charge < -0.3 is 0 Å². The normalized spacial score (nSPS) is 15.3. The van der Waals surface area contributed by atoms with Crippen LogP contribution in [0.15, 0.2) is 52.6 Å². The zero-order valence-electron chi connectivity index (χ0n) is 21.9. The van der Waals surface area contributed by atoms with Gasteiger partial charge in [-0.05, 0) is 61.9 Å². The van der Waals surface area contributed by atoms with Crippen LogP contribution >= 0.6 is 0 Å². The molecule has 1 atom stereocenters. The van der Waals surface area contributed by atoms with Crippen molar-refractivity contribution in [2.45, 2.75) is 34.6 Å². The Balaban J connectivity index is 1.72. The van der Waals surface area contributed by atoms with Crippen molar-refractivity contribution >= 4 is 49.8 Å². The number of fused-ring (bicyclic) bond motifs is 1. The third-order valence-corrected chi connectivity index (χ3v) is 6.56. The molecule has 2 heterocycles. The van der Waals surface area contributed by atoms with Crippen molar-refractivity contribution in [3.05, 3.63) is 53.9 Å². The fraction of sp³-hybridized carbons (Fsp3) is 0.333. The SMILES string of the molecule is CCN(NS(C)(=O)=O)c1ccc(N=C2C(C(C)(C)C)=Nn3nc(-c4ccc(NS(=O)O)cc4)nc32)c(C)c1. The zero-order chi connectivity index (χ0) is 27.8. The van der Waals surface area contributed by atoms with Crippen molar-refractivity contribution in [2.24, 2.45) is 15.5 Å². The Morgan fingerprint density at radius 2 is 1.84 bits per heavy atom. The Morgan fingerprint density at radius 1 is 1.16 bits per heavy atom. The van der Waals surface area contributed by atoms with E-state index in [0.29, 0.717) is 46.5 Å². The number of benzene rings is 2. The first-order valence-corrected chi connectivity index (χ1v) is 14.7. The van der Waals surface area contributed by atoms with Crippen molar-refractivity contribution in [1.82, 2.24) is 19.7 Å². The molecule has 0 fully saturated rings. The van der Waals surface area contributed by atoms with Gasteiger partial charge in [-0.3, -0.25) is 14.3 Å². The Labute approximate surface area is 224 Å². The summed E-state index contributed by atoms with van der Waals surface area (Å²) in [5.41, 5.74) is 4.45. The lowest BCUT2D eigenvalue weighted by Gasteiger charge is -2.23. The number of nitrogens with one attached hydrogen (secondary N) is 2. The van der Waals surface area contributed by atoms with E-state index >= 15 is 0 Å². The Kier molecular flexibility index (Phi) is 7.52. The summed E-state index contributed by atoms with van der Waals surface area (Å²) in [5.74, 6) is 0.944. The molecule has 3 aromatic rings. The van der Waals surface area contributed by atoms with Gasteiger partial charge in [-0.25, -0.2) is 22.6 Å². The second-order valence-electron chi connectivity index (χ2n) is 9.81. The molecule has 12 nitrogen and oxygen atoms in total. The van der Waals surface area contributed by atoms with E-state index in [0.717, 1.165) is 17.5 Å². The fourth-order valence-electron chi connectivity index (χ4n) is 3.84. The molecule has 0 aliphatic carbocycles. The van der Waals surface area contributed by atoms with Crippen molar-refractivity contribution in [3.8, 4) is 11.4 Å². The van der Waals surface area contributed by atoms with Crippen molar-refractivity contribution < 1.29 is 17.2 Å². The monoisotopic (exact) mass is 558 g/mol. The lowest BCUT2D eigenvalue weighted by atomic mass is 9.87. The zero-order valence-corrected chi connectivity index (χ0v) is 23.6. The average molecular weight is 559 g/mol. The number of aryl methyl sites for hydroxylation is 1. The van der Waals surface area contributed by atoms with E-state index in [1.54, 1.807) is 29.3 Å². The van der Waals surface area contributed by atoms with E-state index in [1.165, 1.54) is 4.79 Å². The van der Waals surface area contributed by atoms with E-state index in [2.05, 4.69) is 14.7 Å². The number of anilines is 2. The van der Waals surface area contributed by atoms with E-state index in [9.17, 15) is 12.6 Å². The van der Waals surface area contributed by atoms with Gasteiger partial charge in [0, 0.05) is 23.2 Å². The highest BCUT2D eigenvalue weighted by Crippen LogP contribution is 2.31. The second-order valence-corrected chi connectivity index (χ2v) is 12.2. The number of hydrazine groups is 1. The summed E-state index contributed by atoms with van der Waals surface area (Å²) in [6.45, 7) is 10.3. The number of aliphatic imine (C=N–C) groups is 1. The van der Waals surface area contributed by atoms with E-state index in [-0.39, 0.29) is 5.41 Å². The summed E-state index contributed by atoms with van der Waals surface area (Å²) >= 11 is -2.16. The lowest BCUT2D eigenvalue weighted by Crippen LogP contribution is -2.41. The molecule has 0 saturated carbocycles. The van der Waals surface area contributed by atoms with Crippen LogP contribution in [-0.2, 0) is 21.3 Å². The average Bonchev–Trinajstić information content (AvgIpc) is 3.37. The second kappa shape index (κ2) is 10.4. The topological polar surface area (TPSA) is 154 Å². The van der Waals surface area contributed by atoms with Gasteiger partial charge in [0.2, 0.25) is 15.8 Å². The quantitative estimate of drug-likeness (QED) is 0.282. The number of rotatable bonds is 8. The van der Waals surface area contributed by atoms with Gasteiger partial charge in [-0.1, -0.05) is 20.8 Å². The van der Waals surface area contributed by atoms with Gasteiger partial charge in [0.05, 0.1) is 23.3 Å². The molecule has 0 spiro atoms. The molecule has 0 bridgehead atoms. The van der Waals surface area contributed by atoms with Gasteiger partial charge in [-0.15, -0.1) is 14.7 Å². The van der Waals surface area contributed by atoms with Crippen LogP contribution in [0.25, 0.3) is 11.4 Å². The first-order valence-electron chi connectivity index (χ1n) is 11.7. The Hall–Kier alpha value is -3.46. The van der Waals surface area contributed by atoms with Gasteiger partial charge in [0.1, 0.15) is 5.71 Å². The Bertz CT molecular complexity index is 1550. The van der Waals surface area contributed by atoms with Crippen LogP contribution in [0.1, 0.15) is 39.1 Å². The summed E-state index contributed by atoms with van der Waals surface area (Å²) in [6, 6.07) is 12.3. The van der Waals surface area contributed by atoms with Crippen molar-refractivity contribution in [3.63, 3.8) is 0 Å². The maximum atomic E-state index is 11.7. The lowest BCUT2D eigenvalue weighted by molar-refractivity contribution is 0.570. The minimum atomic E-state index is -3.42. The number of sulfonamides is 1. The van der Waals surface area contributed by atoms with Crippen LogP contribution in [0, 0.1) is 12.3 Å². The highest BCUT2D eigenvalue weighted by Gasteiger charge is 2.35. The van der Waals surface area contributed by atoms with Crippen molar-refractivity contribution in [1.29, 1.82) is 0 Å². The summed E-state index contributed by atoms with van der Waals surface area (Å²) in [5, 5.41) is 10.8. The largest absolute Gasteiger partial charge is 0.295 e. The van der Waals surface area contributed by atoms with Crippen LogP contribution in [0.5, 0.6) is 0 Å². The van der Waals surface area contributed by atoms with Gasteiger partial charge in [-0.2, -0.15) is 5.10 Å². The van der Waals surface area contributed by atoms with Crippen LogP contribution in [0.4, 0.5) is 17.1 Å². The molecular weight excluding hydrogens is 528 g/mol. The maximum Gasteiger partial charge on any atom is 0.259 e. The van der Waals surface area contributed by atoms with Crippen LogP contribution in [0.3, 0.4) is 0 Å². The predicted molar refractivity (Wildman–Crippen MR) is 151 cm³/mol. The number of hydrogen-bond donors (Lipinski definition) is 3. The predicted octanol–water partition coefficient (Wildman–Crippen LogP) is 3.48. The van der Waals surface area contributed by atoms with Crippen LogP contribution < -0.4 is 14.6 Å². The highest BCUT2D eigenvalue weighted by molar-refractivity contribution is 7.88. The molecule has 14 heteroatoms. The third-order valence-electron chi connectivity index (χ3n) is 5.60. The minimum absolute atomic E-state index is 0.332. The molecule has 1 unspecified atom stereocenters. The van der Waals surface area contributed by atoms with E-state index in [4.69, 9.17) is 19.6 Å². The molecular formula is C24H30N8O4S2. The first-order chi connectivity index (χ1) is 17.7. The molecule has 0 radical (unpaired) electrons. The molecule has 0 amide bonds. The molecule has 202 valence electrons. The molecule has 38 heavy (non-hydrogen) atoms. The molecule has 4 rings (SSSR count). The first kappa shape index (κ1) is 27.6. The van der Waals surface area contributed by atoms with Gasteiger partial charge in [0.25, 0.3) is 11.3 Å². The van der Waals surface area contributed by atoms with Gasteiger partial charge in [0.15, 0.2) is 5.82 Å². The molecule has 2 aromatic carbocycles. The standard InChI is InChI=1S/C24H30N8O4S2/c1-7-31(30-38(6,35)36)18-12-13-19(15(2)14-18)25-20-21(24(3,4)5)27-32-23(20)26-22(28-32)16-8-10-17(11-9-16)29-37(33)34/h8-14,29-30H,7H2,1-6H3,(H,33,34). The van der Waals surface area contributed by atoms with E-state index in [1.807, 2.05) is 52.8 Å². The summed E-state index contributed by atoms with van der Waals surface area (Å²) in [4.78, 5) is 13.6. The summed E-state index contributed by atoms with van der Waals surface area (Å²) in [6.07, 6.45) is 1.11. The number of hydrogen-bond acceptors (Lipinski definition) is 8. The third kappa shape index (κ3) is 6.15. The number of nitrogens with zero attached hydrogens (tertiary/aromatic N) is 6. The molecule has 1 aliphatic heterocycles. The fourth-order valence-corrected chi connectivity index (χ4v) is 4.81.